The molecule has 2 aromatic rings. The van der Waals surface area contributed by atoms with Gasteiger partial charge in [-0.1, -0.05) is 12.1 Å². The number of nitriles is 1. The Labute approximate surface area is 152 Å². The van der Waals surface area contributed by atoms with Crippen molar-refractivity contribution >= 4 is 11.6 Å². The van der Waals surface area contributed by atoms with Crippen molar-refractivity contribution in [2.24, 2.45) is 0 Å². The van der Waals surface area contributed by atoms with Crippen LogP contribution in [0, 0.1) is 11.3 Å². The Kier molecular flexibility index (Phi) is 5.40. The van der Waals surface area contributed by atoms with Gasteiger partial charge in [-0.2, -0.15) is 5.26 Å². The maximum atomic E-state index is 12.6. The van der Waals surface area contributed by atoms with E-state index in [0.29, 0.717) is 31.0 Å². The third kappa shape index (κ3) is 3.95. The number of quaternary nitrogens is 1. The summed E-state index contributed by atoms with van der Waals surface area (Å²) >= 11 is 0. The lowest BCUT2D eigenvalue weighted by atomic mass is 10.1. The number of rotatable bonds is 5. The van der Waals surface area contributed by atoms with E-state index in [-0.39, 0.29) is 11.9 Å². The molecular weight excluding hydrogens is 330 g/mol. The number of para-hydroxylation sites is 1. The summed E-state index contributed by atoms with van der Waals surface area (Å²) in [5, 5.41) is 12.0. The normalized spacial score (nSPS) is 14.8. The average molecular weight is 352 g/mol. The van der Waals surface area contributed by atoms with Gasteiger partial charge in [0.05, 0.1) is 18.3 Å². The lowest BCUT2D eigenvalue weighted by molar-refractivity contribution is -0.907. The zero-order valence-electron chi connectivity index (χ0n) is 14.9. The average Bonchev–Trinajstić information content (AvgIpc) is 2.67. The van der Waals surface area contributed by atoms with E-state index in [1.807, 2.05) is 32.2 Å². The number of carbonyl (C=O) groups is 1. The predicted molar refractivity (Wildman–Crippen MR) is 97.3 cm³/mol. The second-order valence-corrected chi connectivity index (χ2v) is 6.37. The number of carbonyl (C=O) groups excluding carboxylic acids is 1. The number of hydrogen-bond donors (Lipinski definition) is 2. The van der Waals surface area contributed by atoms with Crippen LogP contribution < -0.4 is 19.7 Å². The first-order valence-electron chi connectivity index (χ1n) is 8.59. The number of anilines is 1. The van der Waals surface area contributed by atoms with Gasteiger partial charge in [0, 0.05) is 5.56 Å². The van der Waals surface area contributed by atoms with Gasteiger partial charge in [0.25, 0.3) is 5.91 Å². The number of nitrogens with one attached hydrogen (secondary N) is 2. The fraction of sp³-hybridized carbons (Fsp3) is 0.300. The topological polar surface area (TPSA) is 75.8 Å². The molecule has 26 heavy (non-hydrogen) atoms. The molecule has 1 aliphatic heterocycles. The van der Waals surface area contributed by atoms with Crippen LogP contribution in [0.15, 0.2) is 42.5 Å². The van der Waals surface area contributed by atoms with Gasteiger partial charge in [0.1, 0.15) is 25.8 Å². The Hall–Kier alpha value is -3.04. The molecule has 1 heterocycles. The maximum absolute atomic E-state index is 12.6. The van der Waals surface area contributed by atoms with Gasteiger partial charge < -0.3 is 19.7 Å². The molecule has 0 aliphatic carbocycles. The minimum absolute atomic E-state index is 0.122. The molecule has 2 N–H and O–H groups in total. The van der Waals surface area contributed by atoms with Crippen LogP contribution in [0.25, 0.3) is 0 Å². The number of amides is 1. The molecule has 1 unspecified atom stereocenters. The summed E-state index contributed by atoms with van der Waals surface area (Å²) in [6.45, 7) is 3.66. The SMILES string of the molecule is C[C@H](C(=O)Nc1ccccc1C#N)[NH+](C)Cc1ccc2c(c1)OCCO2. The van der Waals surface area contributed by atoms with Gasteiger partial charge in [-0.3, -0.25) is 4.79 Å². The van der Waals surface area contributed by atoms with Gasteiger partial charge in [0.2, 0.25) is 0 Å². The van der Waals surface area contributed by atoms with E-state index in [9.17, 15) is 4.79 Å². The van der Waals surface area contributed by atoms with E-state index >= 15 is 0 Å². The van der Waals surface area contributed by atoms with E-state index in [4.69, 9.17) is 14.7 Å². The first-order chi connectivity index (χ1) is 12.6. The minimum atomic E-state index is -0.282. The third-order valence-corrected chi connectivity index (χ3v) is 4.53. The van der Waals surface area contributed by atoms with Crippen molar-refractivity contribution in [2.45, 2.75) is 19.5 Å². The quantitative estimate of drug-likeness (QED) is 0.852. The number of benzene rings is 2. The monoisotopic (exact) mass is 352 g/mol. The van der Waals surface area contributed by atoms with Crippen molar-refractivity contribution in [3.63, 3.8) is 0 Å². The highest BCUT2D eigenvalue weighted by Crippen LogP contribution is 2.30. The summed E-state index contributed by atoms with van der Waals surface area (Å²) in [6, 6.07) is 14.7. The lowest BCUT2D eigenvalue weighted by Gasteiger charge is -2.23. The molecule has 2 atom stereocenters. The molecule has 0 bridgehead atoms. The molecule has 0 spiro atoms. The zero-order chi connectivity index (χ0) is 18.5. The minimum Gasteiger partial charge on any atom is -0.486 e. The number of nitrogens with zero attached hydrogens (tertiary/aromatic N) is 1. The van der Waals surface area contributed by atoms with Crippen molar-refractivity contribution in [1.82, 2.24) is 0 Å². The van der Waals surface area contributed by atoms with Crippen molar-refractivity contribution in [2.75, 3.05) is 25.6 Å². The molecule has 0 fully saturated rings. The molecule has 134 valence electrons. The van der Waals surface area contributed by atoms with Crippen LogP contribution in [0.2, 0.25) is 0 Å². The van der Waals surface area contributed by atoms with Crippen molar-refractivity contribution < 1.29 is 19.2 Å². The molecule has 0 radical (unpaired) electrons. The van der Waals surface area contributed by atoms with Gasteiger partial charge in [-0.05, 0) is 37.3 Å². The summed E-state index contributed by atoms with van der Waals surface area (Å²) in [4.78, 5) is 13.6. The second kappa shape index (κ2) is 7.89. The van der Waals surface area contributed by atoms with Crippen LogP contribution in [0.3, 0.4) is 0 Å². The van der Waals surface area contributed by atoms with Gasteiger partial charge in [-0.25, -0.2) is 0 Å². The number of ether oxygens (including phenoxy) is 2. The van der Waals surface area contributed by atoms with E-state index in [1.54, 1.807) is 24.3 Å². The maximum Gasteiger partial charge on any atom is 0.282 e. The number of fused-ring (bicyclic) bond motifs is 1. The standard InChI is InChI=1S/C20H21N3O3/c1-14(20(24)22-17-6-4-3-5-16(17)12-21)23(2)13-15-7-8-18-19(11-15)26-10-9-25-18/h3-8,11,14H,9-10,13H2,1-2H3,(H,22,24)/p+1/t14-/m1/s1. The summed E-state index contributed by atoms with van der Waals surface area (Å²) in [7, 11) is 1.97. The van der Waals surface area contributed by atoms with Crippen molar-refractivity contribution in [3.8, 4) is 17.6 Å². The molecule has 1 amide bonds. The summed E-state index contributed by atoms with van der Waals surface area (Å²) in [6.07, 6.45) is 0. The van der Waals surface area contributed by atoms with Crippen LogP contribution in [-0.4, -0.2) is 32.2 Å². The Bertz CT molecular complexity index is 844. The largest absolute Gasteiger partial charge is 0.486 e. The van der Waals surface area contributed by atoms with Crippen molar-refractivity contribution in [3.05, 3.63) is 53.6 Å². The van der Waals surface area contributed by atoms with E-state index in [0.717, 1.165) is 22.0 Å². The van der Waals surface area contributed by atoms with Crippen LogP contribution in [0.5, 0.6) is 11.5 Å². The lowest BCUT2D eigenvalue weighted by Crippen LogP contribution is -3.12. The van der Waals surface area contributed by atoms with Crippen LogP contribution in [0.4, 0.5) is 5.69 Å². The molecular formula is C20H22N3O3+. The van der Waals surface area contributed by atoms with E-state index < -0.39 is 0 Å². The Morgan fingerprint density at radius 3 is 2.73 bits per heavy atom. The van der Waals surface area contributed by atoms with Gasteiger partial charge in [0.15, 0.2) is 17.5 Å². The number of hydrogen-bond acceptors (Lipinski definition) is 4. The molecule has 6 heteroatoms. The van der Waals surface area contributed by atoms with Gasteiger partial charge >= 0.3 is 0 Å². The summed E-state index contributed by atoms with van der Waals surface area (Å²) in [5.74, 6) is 1.39. The van der Waals surface area contributed by atoms with Crippen LogP contribution in [0.1, 0.15) is 18.1 Å². The predicted octanol–water partition coefficient (Wildman–Crippen LogP) is 1.37. The first-order valence-corrected chi connectivity index (χ1v) is 8.59. The van der Waals surface area contributed by atoms with Gasteiger partial charge in [-0.15, -0.1) is 0 Å². The summed E-state index contributed by atoms with van der Waals surface area (Å²) in [5.41, 5.74) is 2.07. The van der Waals surface area contributed by atoms with Crippen LogP contribution in [-0.2, 0) is 11.3 Å². The molecule has 0 aromatic heterocycles. The third-order valence-electron chi connectivity index (χ3n) is 4.53. The highest BCUT2D eigenvalue weighted by atomic mass is 16.6. The highest BCUT2D eigenvalue weighted by molar-refractivity contribution is 5.94. The Balaban J connectivity index is 1.64. The molecule has 6 nitrogen and oxygen atoms in total. The molecule has 3 rings (SSSR count). The summed E-state index contributed by atoms with van der Waals surface area (Å²) < 4.78 is 11.1. The fourth-order valence-corrected chi connectivity index (χ4v) is 2.83. The van der Waals surface area contributed by atoms with Crippen molar-refractivity contribution in [1.29, 1.82) is 5.26 Å². The highest BCUT2D eigenvalue weighted by Gasteiger charge is 2.23. The molecule has 0 saturated heterocycles. The zero-order valence-corrected chi connectivity index (χ0v) is 14.9. The number of likely N-dealkylation sites (N-methyl/N-ethyl adjacent to an activating group) is 1. The molecule has 2 aromatic carbocycles. The molecule has 1 aliphatic rings. The fourth-order valence-electron chi connectivity index (χ4n) is 2.83. The Morgan fingerprint density at radius 2 is 1.96 bits per heavy atom. The van der Waals surface area contributed by atoms with E-state index in [1.165, 1.54) is 0 Å². The van der Waals surface area contributed by atoms with E-state index in [2.05, 4.69) is 11.4 Å². The Morgan fingerprint density at radius 1 is 1.23 bits per heavy atom. The van der Waals surface area contributed by atoms with Crippen LogP contribution >= 0.6 is 0 Å². The molecule has 0 saturated carbocycles. The second-order valence-electron chi connectivity index (χ2n) is 6.37. The first kappa shape index (κ1) is 17.8. The smallest absolute Gasteiger partial charge is 0.282 e.